The molecule has 3 aromatic rings. The van der Waals surface area contributed by atoms with Crippen LogP contribution in [0.15, 0.2) is 53.9 Å². The number of hydrogen-bond acceptors (Lipinski definition) is 5. The molecule has 2 aromatic carbocycles. The van der Waals surface area contributed by atoms with Crippen LogP contribution >= 0.6 is 11.3 Å². The second kappa shape index (κ2) is 9.52. The maximum Gasteiger partial charge on any atom is 0.335 e. The SMILES string of the molecule is CC(C)N(Cc1ccc(C(=O)O)cc1)c1nc(-c2ccc(OC3CCCC3)cc2)cs1. The lowest BCUT2D eigenvalue weighted by molar-refractivity contribution is 0.0697. The summed E-state index contributed by atoms with van der Waals surface area (Å²) < 4.78 is 6.07. The van der Waals surface area contributed by atoms with Gasteiger partial charge >= 0.3 is 5.97 Å². The van der Waals surface area contributed by atoms with Gasteiger partial charge in [-0.25, -0.2) is 9.78 Å². The fourth-order valence-electron chi connectivity index (χ4n) is 3.85. The van der Waals surface area contributed by atoms with E-state index < -0.39 is 5.97 Å². The van der Waals surface area contributed by atoms with Crippen molar-refractivity contribution in [3.8, 4) is 17.0 Å². The summed E-state index contributed by atoms with van der Waals surface area (Å²) in [6.07, 6.45) is 5.20. The minimum atomic E-state index is -0.906. The Morgan fingerprint density at radius 2 is 1.81 bits per heavy atom. The predicted molar refractivity (Wildman–Crippen MR) is 125 cm³/mol. The van der Waals surface area contributed by atoms with E-state index >= 15 is 0 Å². The fourth-order valence-corrected chi connectivity index (χ4v) is 4.82. The molecule has 31 heavy (non-hydrogen) atoms. The van der Waals surface area contributed by atoms with E-state index in [2.05, 4.69) is 36.3 Å². The van der Waals surface area contributed by atoms with Gasteiger partial charge in [-0.05, 0) is 81.5 Å². The first-order valence-corrected chi connectivity index (χ1v) is 11.7. The normalized spacial score (nSPS) is 14.2. The lowest BCUT2D eigenvalue weighted by Gasteiger charge is -2.26. The molecule has 1 N–H and O–H groups in total. The summed E-state index contributed by atoms with van der Waals surface area (Å²) in [7, 11) is 0. The minimum absolute atomic E-state index is 0.264. The Labute approximate surface area is 187 Å². The van der Waals surface area contributed by atoms with E-state index in [1.54, 1.807) is 23.5 Å². The van der Waals surface area contributed by atoms with Gasteiger partial charge in [0.15, 0.2) is 5.13 Å². The Bertz CT molecular complexity index is 1010. The van der Waals surface area contributed by atoms with Crippen LogP contribution in [0.5, 0.6) is 5.75 Å². The molecule has 0 radical (unpaired) electrons. The van der Waals surface area contributed by atoms with Crippen molar-refractivity contribution in [3.63, 3.8) is 0 Å². The second-order valence-electron chi connectivity index (χ2n) is 8.29. The highest BCUT2D eigenvalue weighted by Crippen LogP contribution is 2.31. The average molecular weight is 437 g/mol. The maximum atomic E-state index is 11.1. The van der Waals surface area contributed by atoms with E-state index in [9.17, 15) is 4.79 Å². The molecule has 0 unspecified atom stereocenters. The lowest BCUT2D eigenvalue weighted by Crippen LogP contribution is -2.30. The van der Waals surface area contributed by atoms with Gasteiger partial charge in [0.25, 0.3) is 0 Å². The summed E-state index contributed by atoms with van der Waals surface area (Å²) in [5, 5.41) is 12.1. The summed E-state index contributed by atoms with van der Waals surface area (Å²) >= 11 is 1.63. The van der Waals surface area contributed by atoms with E-state index in [0.717, 1.165) is 40.5 Å². The van der Waals surface area contributed by atoms with E-state index in [-0.39, 0.29) is 6.04 Å². The number of ether oxygens (including phenoxy) is 1. The Morgan fingerprint density at radius 1 is 1.13 bits per heavy atom. The highest BCUT2D eigenvalue weighted by molar-refractivity contribution is 7.14. The topological polar surface area (TPSA) is 62.7 Å². The molecule has 1 fully saturated rings. The Balaban J connectivity index is 1.46. The van der Waals surface area contributed by atoms with Crippen LogP contribution in [0.1, 0.15) is 55.5 Å². The molecule has 4 rings (SSSR count). The van der Waals surface area contributed by atoms with Gasteiger partial charge < -0.3 is 14.7 Å². The third-order valence-electron chi connectivity index (χ3n) is 5.67. The van der Waals surface area contributed by atoms with Gasteiger partial charge in [0, 0.05) is 23.5 Å². The van der Waals surface area contributed by atoms with Crippen molar-refractivity contribution in [2.75, 3.05) is 4.90 Å². The van der Waals surface area contributed by atoms with Crippen LogP contribution in [0.25, 0.3) is 11.3 Å². The summed E-state index contributed by atoms with van der Waals surface area (Å²) in [5.74, 6) is 0.0243. The first-order valence-electron chi connectivity index (χ1n) is 10.8. The molecule has 5 nitrogen and oxygen atoms in total. The van der Waals surface area contributed by atoms with Crippen molar-refractivity contribution in [2.24, 2.45) is 0 Å². The molecule has 1 heterocycles. The van der Waals surface area contributed by atoms with Crippen LogP contribution in [0.4, 0.5) is 5.13 Å². The summed E-state index contributed by atoms with van der Waals surface area (Å²) in [6, 6.07) is 15.5. The average Bonchev–Trinajstić information content (AvgIpc) is 3.45. The molecule has 6 heteroatoms. The van der Waals surface area contributed by atoms with Gasteiger partial charge in [-0.2, -0.15) is 0 Å². The van der Waals surface area contributed by atoms with Crippen LogP contribution in [0.2, 0.25) is 0 Å². The number of aromatic nitrogens is 1. The van der Waals surface area contributed by atoms with Gasteiger partial charge in [0.05, 0.1) is 17.4 Å². The fraction of sp³-hybridized carbons (Fsp3) is 0.360. The monoisotopic (exact) mass is 436 g/mol. The van der Waals surface area contributed by atoms with Crippen molar-refractivity contribution in [1.82, 2.24) is 4.98 Å². The number of carboxylic acids is 1. The van der Waals surface area contributed by atoms with E-state index in [4.69, 9.17) is 14.8 Å². The number of anilines is 1. The molecule has 1 aliphatic carbocycles. The van der Waals surface area contributed by atoms with Gasteiger partial charge in [-0.3, -0.25) is 0 Å². The van der Waals surface area contributed by atoms with Gasteiger partial charge in [-0.1, -0.05) is 12.1 Å². The summed E-state index contributed by atoms with van der Waals surface area (Å²) in [5.41, 5.74) is 3.40. The van der Waals surface area contributed by atoms with Gasteiger partial charge in [-0.15, -0.1) is 11.3 Å². The van der Waals surface area contributed by atoms with Gasteiger partial charge in [0.2, 0.25) is 0 Å². The molecule has 162 valence electrons. The zero-order valence-corrected chi connectivity index (χ0v) is 18.8. The number of carbonyl (C=O) groups is 1. The molecule has 1 aromatic heterocycles. The summed E-state index contributed by atoms with van der Waals surface area (Å²) in [4.78, 5) is 18.2. The molecular weight excluding hydrogens is 408 g/mol. The number of aromatic carboxylic acids is 1. The molecule has 1 saturated carbocycles. The Kier molecular flexibility index (Phi) is 6.56. The van der Waals surface area contributed by atoms with Crippen LogP contribution in [0, 0.1) is 0 Å². The third-order valence-corrected chi connectivity index (χ3v) is 6.55. The highest BCUT2D eigenvalue weighted by Gasteiger charge is 2.18. The largest absolute Gasteiger partial charge is 0.490 e. The zero-order chi connectivity index (χ0) is 21.8. The Morgan fingerprint density at radius 3 is 2.42 bits per heavy atom. The molecule has 0 amide bonds. The third kappa shape index (κ3) is 5.25. The first kappa shape index (κ1) is 21.4. The molecule has 0 bridgehead atoms. The maximum absolute atomic E-state index is 11.1. The number of carboxylic acid groups (broad SMARTS) is 1. The smallest absolute Gasteiger partial charge is 0.335 e. The van der Waals surface area contributed by atoms with Crippen molar-refractivity contribution in [1.29, 1.82) is 0 Å². The number of benzene rings is 2. The van der Waals surface area contributed by atoms with Crippen LogP contribution in [-0.4, -0.2) is 28.2 Å². The van der Waals surface area contributed by atoms with Gasteiger partial charge in [0.1, 0.15) is 5.75 Å². The summed E-state index contributed by atoms with van der Waals surface area (Å²) in [6.45, 7) is 4.96. The van der Waals surface area contributed by atoms with Crippen molar-refractivity contribution in [3.05, 3.63) is 65.0 Å². The molecular formula is C25H28N2O3S. The quantitative estimate of drug-likeness (QED) is 0.452. The van der Waals surface area contributed by atoms with Crippen LogP contribution in [-0.2, 0) is 6.54 Å². The Hall–Kier alpha value is -2.86. The lowest BCUT2D eigenvalue weighted by atomic mass is 10.1. The molecule has 1 aliphatic rings. The van der Waals surface area contributed by atoms with Crippen molar-refractivity contribution < 1.29 is 14.6 Å². The van der Waals surface area contributed by atoms with E-state index in [0.29, 0.717) is 18.2 Å². The van der Waals surface area contributed by atoms with Crippen LogP contribution < -0.4 is 9.64 Å². The van der Waals surface area contributed by atoms with E-state index in [1.165, 1.54) is 12.8 Å². The molecule has 0 atom stereocenters. The molecule has 0 saturated heterocycles. The van der Waals surface area contributed by atoms with Crippen molar-refractivity contribution in [2.45, 2.75) is 58.2 Å². The standard InChI is InChI=1S/C25H28N2O3S/c1-17(2)27(15-18-7-9-20(10-8-18)24(28)29)25-26-23(16-31-25)19-11-13-22(14-12-19)30-21-5-3-4-6-21/h7-14,16-17,21H,3-6,15H2,1-2H3,(H,28,29). The van der Waals surface area contributed by atoms with E-state index in [1.807, 2.05) is 24.3 Å². The number of thiazole rings is 1. The highest BCUT2D eigenvalue weighted by atomic mass is 32.1. The number of hydrogen-bond donors (Lipinski definition) is 1. The first-order chi connectivity index (χ1) is 15.0. The predicted octanol–water partition coefficient (Wildman–Crippen LogP) is 6.24. The molecule has 0 aliphatic heterocycles. The minimum Gasteiger partial charge on any atom is -0.490 e. The second-order valence-corrected chi connectivity index (χ2v) is 9.12. The molecule has 0 spiro atoms. The number of rotatable bonds is 8. The van der Waals surface area contributed by atoms with Crippen molar-refractivity contribution >= 4 is 22.4 Å². The number of nitrogens with zero attached hydrogens (tertiary/aromatic N) is 2. The zero-order valence-electron chi connectivity index (χ0n) is 18.0. The van der Waals surface area contributed by atoms with Crippen LogP contribution in [0.3, 0.4) is 0 Å².